The molecular formula is C15H22F3N3. The summed E-state index contributed by atoms with van der Waals surface area (Å²) in [6, 6.07) is 4.43. The average molecular weight is 301 g/mol. The van der Waals surface area contributed by atoms with Crippen molar-refractivity contribution in [2.75, 3.05) is 24.5 Å². The Bertz CT molecular complexity index is 400. The third-order valence-electron chi connectivity index (χ3n) is 3.84. The van der Waals surface area contributed by atoms with Crippen molar-refractivity contribution in [3.8, 4) is 0 Å². The quantitative estimate of drug-likeness (QED) is 0.817. The van der Waals surface area contributed by atoms with Gasteiger partial charge in [0.25, 0.3) is 0 Å². The lowest BCUT2D eigenvalue weighted by atomic mass is 10.0. The first-order chi connectivity index (χ1) is 10.0. The lowest BCUT2D eigenvalue weighted by molar-refractivity contribution is -0.135. The molecule has 0 radical (unpaired) electrons. The van der Waals surface area contributed by atoms with Crippen LogP contribution in [-0.4, -0.2) is 36.8 Å². The Labute approximate surface area is 123 Å². The van der Waals surface area contributed by atoms with Crippen LogP contribution in [0.25, 0.3) is 0 Å². The summed E-state index contributed by atoms with van der Waals surface area (Å²) in [5.41, 5.74) is 1.19. The molecule has 0 unspecified atom stereocenters. The lowest BCUT2D eigenvalue weighted by Gasteiger charge is -2.34. The van der Waals surface area contributed by atoms with Gasteiger partial charge in [0.1, 0.15) is 0 Å². The summed E-state index contributed by atoms with van der Waals surface area (Å²) >= 11 is 0. The molecule has 3 nitrogen and oxygen atoms in total. The molecule has 1 aliphatic rings. The van der Waals surface area contributed by atoms with Gasteiger partial charge in [0.15, 0.2) is 0 Å². The molecule has 2 rings (SSSR count). The third-order valence-corrected chi connectivity index (χ3v) is 3.84. The summed E-state index contributed by atoms with van der Waals surface area (Å²) < 4.78 is 36.0. The second-order valence-corrected chi connectivity index (χ2v) is 5.49. The molecule has 0 aromatic carbocycles. The van der Waals surface area contributed by atoms with Crippen molar-refractivity contribution in [3.05, 3.63) is 24.5 Å². The first kappa shape index (κ1) is 16.1. The number of hydrogen-bond donors (Lipinski definition) is 1. The Morgan fingerprint density at radius 1 is 1.14 bits per heavy atom. The second-order valence-electron chi connectivity index (χ2n) is 5.49. The Kier molecular flexibility index (Phi) is 5.85. The molecule has 1 aromatic heterocycles. The zero-order valence-electron chi connectivity index (χ0n) is 12.1. The van der Waals surface area contributed by atoms with Crippen LogP contribution in [0.1, 0.15) is 32.1 Å². The SMILES string of the molecule is FC(F)(F)CCCCNC1CCN(c2ccncc2)CC1. The van der Waals surface area contributed by atoms with E-state index in [1.165, 1.54) is 5.69 Å². The van der Waals surface area contributed by atoms with E-state index in [1.807, 2.05) is 12.1 Å². The number of rotatable bonds is 6. The minimum absolute atomic E-state index is 0.215. The van der Waals surface area contributed by atoms with Gasteiger partial charge in [-0.1, -0.05) is 0 Å². The van der Waals surface area contributed by atoms with Crippen LogP contribution in [0.2, 0.25) is 0 Å². The number of nitrogens with one attached hydrogen (secondary N) is 1. The van der Waals surface area contributed by atoms with Crippen LogP contribution in [0.3, 0.4) is 0 Å². The van der Waals surface area contributed by atoms with Crippen LogP contribution in [-0.2, 0) is 0 Å². The minimum Gasteiger partial charge on any atom is -0.371 e. The largest absolute Gasteiger partial charge is 0.389 e. The third kappa shape index (κ3) is 5.91. The fourth-order valence-electron chi connectivity index (χ4n) is 2.65. The maximum absolute atomic E-state index is 12.0. The number of unbranched alkanes of at least 4 members (excludes halogenated alkanes) is 1. The summed E-state index contributed by atoms with van der Waals surface area (Å²) in [6.07, 6.45) is 1.76. The van der Waals surface area contributed by atoms with E-state index in [4.69, 9.17) is 0 Å². The Balaban J connectivity index is 1.59. The van der Waals surface area contributed by atoms with Gasteiger partial charge >= 0.3 is 6.18 Å². The van der Waals surface area contributed by atoms with Gasteiger partial charge < -0.3 is 10.2 Å². The predicted molar refractivity (Wildman–Crippen MR) is 77.4 cm³/mol. The molecule has 0 aliphatic carbocycles. The van der Waals surface area contributed by atoms with Gasteiger partial charge in [-0.3, -0.25) is 4.98 Å². The zero-order chi connectivity index (χ0) is 15.1. The van der Waals surface area contributed by atoms with Crippen molar-refractivity contribution in [1.82, 2.24) is 10.3 Å². The highest BCUT2D eigenvalue weighted by atomic mass is 19.4. The molecule has 0 bridgehead atoms. The summed E-state index contributed by atoms with van der Waals surface area (Å²) in [6.45, 7) is 2.63. The number of piperidine rings is 1. The summed E-state index contributed by atoms with van der Waals surface area (Å²) in [5.74, 6) is 0. The van der Waals surface area contributed by atoms with Gasteiger partial charge in [0, 0.05) is 43.6 Å². The molecule has 2 heterocycles. The topological polar surface area (TPSA) is 28.2 Å². The Hall–Kier alpha value is -1.30. The summed E-state index contributed by atoms with van der Waals surface area (Å²) in [4.78, 5) is 6.33. The van der Waals surface area contributed by atoms with E-state index in [-0.39, 0.29) is 6.42 Å². The normalized spacial score (nSPS) is 17.2. The fraction of sp³-hybridized carbons (Fsp3) is 0.667. The number of pyridine rings is 1. The van der Waals surface area contributed by atoms with E-state index in [0.717, 1.165) is 25.9 Å². The fourth-order valence-corrected chi connectivity index (χ4v) is 2.65. The lowest BCUT2D eigenvalue weighted by Crippen LogP contribution is -2.42. The number of anilines is 1. The molecule has 1 fully saturated rings. The average Bonchev–Trinajstić information content (AvgIpc) is 2.47. The number of alkyl halides is 3. The monoisotopic (exact) mass is 301 g/mol. The minimum atomic E-state index is -4.02. The Morgan fingerprint density at radius 2 is 1.81 bits per heavy atom. The van der Waals surface area contributed by atoms with Crippen molar-refractivity contribution in [2.45, 2.75) is 44.3 Å². The molecule has 0 spiro atoms. The van der Waals surface area contributed by atoms with Crippen LogP contribution < -0.4 is 10.2 Å². The van der Waals surface area contributed by atoms with E-state index in [9.17, 15) is 13.2 Å². The number of hydrogen-bond acceptors (Lipinski definition) is 3. The van der Waals surface area contributed by atoms with Crippen molar-refractivity contribution in [3.63, 3.8) is 0 Å². The highest BCUT2D eigenvalue weighted by Gasteiger charge is 2.26. The summed E-state index contributed by atoms with van der Waals surface area (Å²) in [5, 5.41) is 3.37. The van der Waals surface area contributed by atoms with Crippen molar-refractivity contribution in [1.29, 1.82) is 0 Å². The summed E-state index contributed by atoms with van der Waals surface area (Å²) in [7, 11) is 0. The molecule has 0 amide bonds. The van der Waals surface area contributed by atoms with E-state index in [0.29, 0.717) is 19.0 Å². The van der Waals surface area contributed by atoms with Crippen LogP contribution in [0.5, 0.6) is 0 Å². The van der Waals surface area contributed by atoms with Gasteiger partial charge in [-0.2, -0.15) is 13.2 Å². The van der Waals surface area contributed by atoms with Crippen molar-refractivity contribution < 1.29 is 13.2 Å². The van der Waals surface area contributed by atoms with E-state index >= 15 is 0 Å². The van der Waals surface area contributed by atoms with E-state index < -0.39 is 12.6 Å². The molecule has 1 aromatic rings. The molecule has 1 N–H and O–H groups in total. The predicted octanol–water partition coefficient (Wildman–Crippen LogP) is 3.37. The van der Waals surface area contributed by atoms with Crippen molar-refractivity contribution in [2.24, 2.45) is 0 Å². The molecule has 0 atom stereocenters. The smallest absolute Gasteiger partial charge is 0.371 e. The highest BCUT2D eigenvalue weighted by molar-refractivity contribution is 5.44. The zero-order valence-corrected chi connectivity index (χ0v) is 12.1. The molecule has 118 valence electrons. The molecular weight excluding hydrogens is 279 g/mol. The molecule has 1 aliphatic heterocycles. The van der Waals surface area contributed by atoms with E-state index in [1.54, 1.807) is 12.4 Å². The van der Waals surface area contributed by atoms with Crippen molar-refractivity contribution >= 4 is 5.69 Å². The number of nitrogens with zero attached hydrogens (tertiary/aromatic N) is 2. The maximum atomic E-state index is 12.0. The van der Waals surface area contributed by atoms with E-state index in [2.05, 4.69) is 15.2 Å². The van der Waals surface area contributed by atoms with Gasteiger partial charge in [0.2, 0.25) is 0 Å². The van der Waals surface area contributed by atoms with Gasteiger partial charge in [-0.05, 0) is 44.4 Å². The molecule has 1 saturated heterocycles. The number of halogens is 3. The molecule has 21 heavy (non-hydrogen) atoms. The molecule has 6 heteroatoms. The van der Waals surface area contributed by atoms with Gasteiger partial charge in [-0.25, -0.2) is 0 Å². The maximum Gasteiger partial charge on any atom is 0.389 e. The van der Waals surface area contributed by atoms with Gasteiger partial charge in [0.05, 0.1) is 0 Å². The highest BCUT2D eigenvalue weighted by Crippen LogP contribution is 2.22. The Morgan fingerprint density at radius 3 is 2.43 bits per heavy atom. The van der Waals surface area contributed by atoms with Gasteiger partial charge in [-0.15, -0.1) is 0 Å². The standard InChI is InChI=1S/C15H22F3N3/c16-15(17,18)7-1-2-8-20-13-5-11-21(12-6-13)14-3-9-19-10-4-14/h3-4,9-10,13,20H,1-2,5-8,11-12H2. The first-order valence-corrected chi connectivity index (χ1v) is 7.50. The van der Waals surface area contributed by atoms with Crippen LogP contribution in [0.15, 0.2) is 24.5 Å². The first-order valence-electron chi connectivity index (χ1n) is 7.50. The van der Waals surface area contributed by atoms with Crippen LogP contribution >= 0.6 is 0 Å². The second kappa shape index (κ2) is 7.64. The van der Waals surface area contributed by atoms with Crippen LogP contribution in [0.4, 0.5) is 18.9 Å². The number of aromatic nitrogens is 1. The van der Waals surface area contributed by atoms with Crippen LogP contribution in [0, 0.1) is 0 Å². The molecule has 0 saturated carbocycles.